The van der Waals surface area contributed by atoms with Gasteiger partial charge in [-0.15, -0.1) is 0 Å². The Kier molecular flexibility index (Phi) is 2.95. The zero-order valence-corrected chi connectivity index (χ0v) is 10.1. The number of carbonyl (C=O) groups excluding carboxylic acids is 1. The Balaban J connectivity index is 2.53. The molecule has 0 N–H and O–H groups in total. The number of hydrogen-bond donors (Lipinski definition) is 0. The third-order valence-electron chi connectivity index (χ3n) is 2.53. The predicted octanol–water partition coefficient (Wildman–Crippen LogP) is 2.16. The largest absolute Gasteiger partial charge is 0.354 e. The molecule has 2 aromatic heterocycles. The predicted molar refractivity (Wildman–Crippen MR) is 68.7 cm³/mol. The highest BCUT2D eigenvalue weighted by molar-refractivity contribution is 5.83. The zero-order valence-electron chi connectivity index (χ0n) is 10.1. The molecule has 0 aromatic carbocycles. The van der Waals surface area contributed by atoms with Gasteiger partial charge in [-0.3, -0.25) is 9.20 Å². The number of anilines is 1. The first-order valence-electron chi connectivity index (χ1n) is 5.41. The van der Waals surface area contributed by atoms with Crippen molar-refractivity contribution in [2.45, 2.75) is 6.92 Å². The van der Waals surface area contributed by atoms with Crippen LogP contribution in [0.1, 0.15) is 17.4 Å². The van der Waals surface area contributed by atoms with E-state index in [9.17, 15) is 4.79 Å². The quantitative estimate of drug-likeness (QED) is 0.595. The van der Waals surface area contributed by atoms with Crippen molar-refractivity contribution >= 4 is 17.8 Å². The highest BCUT2D eigenvalue weighted by Crippen LogP contribution is 2.19. The first kappa shape index (κ1) is 11.4. The zero-order chi connectivity index (χ0) is 12.4. The minimum Gasteiger partial charge on any atom is -0.354 e. The lowest BCUT2D eigenvalue weighted by molar-refractivity contribution is 0.111. The summed E-state index contributed by atoms with van der Waals surface area (Å²) in [4.78, 5) is 17.6. The van der Waals surface area contributed by atoms with Gasteiger partial charge in [0.15, 0.2) is 12.1 Å². The molecule has 0 aliphatic rings. The van der Waals surface area contributed by atoms with Crippen LogP contribution in [0.4, 0.5) is 5.82 Å². The van der Waals surface area contributed by atoms with Gasteiger partial charge in [-0.05, 0) is 19.1 Å². The molecule has 0 bridgehead atoms. The molecule has 0 unspecified atom stereocenters. The Bertz CT molecular complexity index is 571. The van der Waals surface area contributed by atoms with E-state index in [2.05, 4.69) is 11.6 Å². The molecule has 0 saturated heterocycles. The van der Waals surface area contributed by atoms with Crippen molar-refractivity contribution in [2.75, 3.05) is 18.5 Å². The van der Waals surface area contributed by atoms with Gasteiger partial charge in [0.25, 0.3) is 0 Å². The van der Waals surface area contributed by atoms with Crippen molar-refractivity contribution in [3.8, 4) is 0 Å². The van der Waals surface area contributed by atoms with Crippen LogP contribution in [0, 0.1) is 0 Å². The highest BCUT2D eigenvalue weighted by Gasteiger charge is 2.14. The first-order chi connectivity index (χ1) is 8.13. The Morgan fingerprint density at radius 2 is 2.35 bits per heavy atom. The van der Waals surface area contributed by atoms with Crippen LogP contribution < -0.4 is 4.90 Å². The molecule has 0 fully saturated rings. The van der Waals surface area contributed by atoms with Gasteiger partial charge in [0, 0.05) is 19.8 Å². The van der Waals surface area contributed by atoms with Crippen LogP contribution in [0.5, 0.6) is 0 Å². The molecule has 17 heavy (non-hydrogen) atoms. The number of likely N-dealkylation sites (N-methyl/N-ethyl adjacent to an activating group) is 1. The van der Waals surface area contributed by atoms with Crippen molar-refractivity contribution in [2.24, 2.45) is 0 Å². The third kappa shape index (κ3) is 2.06. The fourth-order valence-electron chi connectivity index (χ4n) is 1.87. The van der Waals surface area contributed by atoms with Crippen LogP contribution in [0.3, 0.4) is 0 Å². The smallest absolute Gasteiger partial charge is 0.170 e. The number of rotatable bonds is 4. The maximum atomic E-state index is 11.2. The van der Waals surface area contributed by atoms with Crippen LogP contribution in [0.15, 0.2) is 36.5 Å². The van der Waals surface area contributed by atoms with E-state index in [1.165, 1.54) is 0 Å². The molecule has 0 amide bonds. The molecule has 4 heteroatoms. The lowest BCUT2D eigenvalue weighted by Gasteiger charge is -2.16. The fraction of sp³-hybridized carbons (Fsp3) is 0.231. The van der Waals surface area contributed by atoms with E-state index in [1.54, 1.807) is 4.40 Å². The summed E-state index contributed by atoms with van der Waals surface area (Å²) in [5, 5.41) is 0. The SMILES string of the molecule is C=C(C)CN(C)c1nc2ccccn2c1C=O. The van der Waals surface area contributed by atoms with Gasteiger partial charge in [-0.1, -0.05) is 18.2 Å². The van der Waals surface area contributed by atoms with E-state index in [-0.39, 0.29) is 0 Å². The number of hydrogen-bond acceptors (Lipinski definition) is 3. The second-order valence-electron chi connectivity index (χ2n) is 4.18. The van der Waals surface area contributed by atoms with Gasteiger partial charge in [0.2, 0.25) is 0 Å². The van der Waals surface area contributed by atoms with Crippen LogP contribution in [0.2, 0.25) is 0 Å². The van der Waals surface area contributed by atoms with Crippen molar-refractivity contribution in [1.29, 1.82) is 0 Å². The van der Waals surface area contributed by atoms with Crippen LogP contribution in [-0.2, 0) is 0 Å². The maximum absolute atomic E-state index is 11.2. The van der Waals surface area contributed by atoms with Crippen LogP contribution >= 0.6 is 0 Å². The Hall–Kier alpha value is -2.10. The van der Waals surface area contributed by atoms with Gasteiger partial charge in [0.05, 0.1) is 0 Å². The number of carbonyl (C=O) groups is 1. The monoisotopic (exact) mass is 229 g/mol. The Labute approximate surface area is 100 Å². The number of fused-ring (bicyclic) bond motifs is 1. The topological polar surface area (TPSA) is 37.6 Å². The molecule has 0 spiro atoms. The van der Waals surface area contributed by atoms with E-state index in [0.717, 1.165) is 17.5 Å². The Morgan fingerprint density at radius 1 is 1.59 bits per heavy atom. The number of aromatic nitrogens is 2. The summed E-state index contributed by atoms with van der Waals surface area (Å²) in [6.07, 6.45) is 2.68. The number of imidazole rings is 1. The molecule has 2 aromatic rings. The van der Waals surface area contributed by atoms with Gasteiger partial charge >= 0.3 is 0 Å². The summed E-state index contributed by atoms with van der Waals surface area (Å²) >= 11 is 0. The van der Waals surface area contributed by atoms with Crippen LogP contribution in [-0.4, -0.2) is 29.3 Å². The molecule has 0 aliphatic carbocycles. The van der Waals surface area contributed by atoms with Crippen molar-refractivity contribution in [1.82, 2.24) is 9.38 Å². The van der Waals surface area contributed by atoms with Gasteiger partial charge in [-0.2, -0.15) is 0 Å². The summed E-state index contributed by atoms with van der Waals surface area (Å²) in [5.41, 5.74) is 2.38. The van der Waals surface area contributed by atoms with Crippen molar-refractivity contribution in [3.63, 3.8) is 0 Å². The molecule has 2 heterocycles. The summed E-state index contributed by atoms with van der Waals surface area (Å²) < 4.78 is 1.79. The van der Waals surface area contributed by atoms with E-state index < -0.39 is 0 Å². The second-order valence-corrected chi connectivity index (χ2v) is 4.18. The summed E-state index contributed by atoms with van der Waals surface area (Å²) in [5.74, 6) is 0.689. The second kappa shape index (κ2) is 4.41. The van der Waals surface area contributed by atoms with E-state index in [1.807, 2.05) is 43.3 Å². The van der Waals surface area contributed by atoms with Gasteiger partial charge in [0.1, 0.15) is 11.3 Å². The van der Waals surface area contributed by atoms with Gasteiger partial charge in [-0.25, -0.2) is 4.98 Å². The lowest BCUT2D eigenvalue weighted by Crippen LogP contribution is -2.20. The van der Waals surface area contributed by atoms with Gasteiger partial charge < -0.3 is 4.90 Å². The average molecular weight is 229 g/mol. The number of pyridine rings is 1. The standard InChI is InChI=1S/C13H15N3O/c1-10(2)8-15(3)13-11(9-17)16-7-5-4-6-12(16)14-13/h4-7,9H,1,8H2,2-3H3. The Morgan fingerprint density at radius 3 is 3.00 bits per heavy atom. The summed E-state index contributed by atoms with van der Waals surface area (Å²) in [6.45, 7) is 6.50. The molecule has 4 nitrogen and oxygen atoms in total. The molecule has 88 valence electrons. The molecule has 0 atom stereocenters. The van der Waals surface area contributed by atoms with E-state index in [4.69, 9.17) is 0 Å². The van der Waals surface area contributed by atoms with Crippen molar-refractivity contribution < 1.29 is 4.79 Å². The van der Waals surface area contributed by atoms with E-state index >= 15 is 0 Å². The maximum Gasteiger partial charge on any atom is 0.170 e. The van der Waals surface area contributed by atoms with E-state index in [0.29, 0.717) is 18.1 Å². The highest BCUT2D eigenvalue weighted by atomic mass is 16.1. The molecule has 2 rings (SSSR count). The lowest BCUT2D eigenvalue weighted by atomic mass is 10.3. The first-order valence-corrected chi connectivity index (χ1v) is 5.41. The molecular formula is C13H15N3O. The minimum absolute atomic E-state index is 0.573. The minimum atomic E-state index is 0.573. The van der Waals surface area contributed by atoms with Crippen molar-refractivity contribution in [3.05, 3.63) is 42.2 Å². The average Bonchev–Trinajstić information content (AvgIpc) is 2.66. The normalized spacial score (nSPS) is 10.5. The molecule has 0 aliphatic heterocycles. The number of aldehydes is 1. The summed E-state index contributed by atoms with van der Waals surface area (Å²) in [7, 11) is 1.91. The third-order valence-corrected chi connectivity index (χ3v) is 2.53. The molecule has 0 saturated carbocycles. The summed E-state index contributed by atoms with van der Waals surface area (Å²) in [6, 6.07) is 5.66. The fourth-order valence-corrected chi connectivity index (χ4v) is 1.87. The number of nitrogens with zero attached hydrogens (tertiary/aromatic N) is 3. The van der Waals surface area contributed by atoms with Crippen LogP contribution in [0.25, 0.3) is 5.65 Å². The molecule has 0 radical (unpaired) electrons. The molecular weight excluding hydrogens is 214 g/mol.